The predicted octanol–water partition coefficient (Wildman–Crippen LogP) is 3.08. The van der Waals surface area contributed by atoms with Gasteiger partial charge in [-0.2, -0.15) is 0 Å². The summed E-state index contributed by atoms with van der Waals surface area (Å²) in [6.45, 7) is 6.28. The maximum absolute atomic E-state index is 4.05. The van der Waals surface area contributed by atoms with Crippen LogP contribution in [0.25, 0.3) is 0 Å². The van der Waals surface area contributed by atoms with E-state index in [9.17, 15) is 0 Å². The van der Waals surface area contributed by atoms with Crippen LogP contribution in [0.5, 0.6) is 0 Å². The van der Waals surface area contributed by atoms with Crippen LogP contribution in [0, 0.1) is 0 Å². The topological polar surface area (TPSA) is 12.4 Å². The second kappa shape index (κ2) is 5.54. The van der Waals surface area contributed by atoms with Crippen molar-refractivity contribution < 1.29 is 0 Å². The lowest BCUT2D eigenvalue weighted by molar-refractivity contribution is 1.21. The molecular formula is C8H15NS. The summed E-state index contributed by atoms with van der Waals surface area (Å²) in [4.78, 5) is 5.39. The van der Waals surface area contributed by atoms with Crippen LogP contribution in [-0.4, -0.2) is 12.1 Å². The molecule has 0 bridgehead atoms. The van der Waals surface area contributed by atoms with E-state index >= 15 is 0 Å². The summed E-state index contributed by atoms with van der Waals surface area (Å²) in [7, 11) is 1.82. The highest BCUT2D eigenvalue weighted by molar-refractivity contribution is 8.17. The van der Waals surface area contributed by atoms with Crippen molar-refractivity contribution >= 4 is 16.8 Å². The Hall–Kier alpha value is -0.240. The Balaban J connectivity index is 3.79. The summed E-state index contributed by atoms with van der Waals surface area (Å²) in [5, 5.41) is 1.13. The van der Waals surface area contributed by atoms with Crippen LogP contribution in [-0.2, 0) is 0 Å². The fourth-order valence-corrected chi connectivity index (χ4v) is 1.42. The monoisotopic (exact) mass is 157 g/mol. The molecule has 0 rings (SSSR count). The third-order valence-corrected chi connectivity index (χ3v) is 2.08. The molecule has 10 heavy (non-hydrogen) atoms. The molecule has 0 aromatic rings. The zero-order chi connectivity index (χ0) is 7.98. The van der Waals surface area contributed by atoms with Gasteiger partial charge in [0.15, 0.2) is 0 Å². The fourth-order valence-electron chi connectivity index (χ4n) is 0.608. The van der Waals surface area contributed by atoms with Crippen molar-refractivity contribution in [1.29, 1.82) is 0 Å². The quantitative estimate of drug-likeness (QED) is 0.443. The third-order valence-electron chi connectivity index (χ3n) is 1.12. The predicted molar refractivity (Wildman–Crippen MR) is 50.7 cm³/mol. The summed E-state index contributed by atoms with van der Waals surface area (Å²) in [5.74, 6) is 0. The number of aliphatic imine (C=N–C) groups is 1. The highest BCUT2D eigenvalue weighted by Crippen LogP contribution is 2.16. The molecule has 0 radical (unpaired) electrons. The van der Waals surface area contributed by atoms with E-state index in [1.54, 1.807) is 11.8 Å². The minimum absolute atomic E-state index is 1.11. The first-order valence-electron chi connectivity index (χ1n) is 3.48. The van der Waals surface area contributed by atoms with Gasteiger partial charge in [0, 0.05) is 7.05 Å². The Kier molecular flexibility index (Phi) is 5.40. The molecule has 0 aromatic carbocycles. The molecule has 0 atom stereocenters. The largest absolute Gasteiger partial charge is 0.286 e. The molecule has 58 valence electrons. The van der Waals surface area contributed by atoms with Gasteiger partial charge >= 0.3 is 0 Å². The number of thioether (sulfide) groups is 1. The van der Waals surface area contributed by atoms with Crippen molar-refractivity contribution in [3.63, 3.8) is 0 Å². The number of hydrogen-bond donors (Lipinski definition) is 0. The normalized spacial score (nSPS) is 14.0. The minimum atomic E-state index is 1.11. The highest BCUT2D eigenvalue weighted by atomic mass is 32.2. The average Bonchev–Trinajstić information content (AvgIpc) is 1.88. The van der Waals surface area contributed by atoms with Crippen LogP contribution >= 0.6 is 11.8 Å². The molecule has 0 spiro atoms. The standard InChI is InChI=1S/C8H15NS/c1-5-6-7(2)10-8(3)9-4/h6H,5H2,1-4H3/b7-6-,9-8?. The van der Waals surface area contributed by atoms with Crippen molar-refractivity contribution in [1.82, 2.24) is 0 Å². The molecular weight excluding hydrogens is 142 g/mol. The molecule has 0 unspecified atom stereocenters. The molecule has 0 amide bonds. The van der Waals surface area contributed by atoms with Gasteiger partial charge in [-0.15, -0.1) is 0 Å². The van der Waals surface area contributed by atoms with Crippen molar-refractivity contribution in [3.8, 4) is 0 Å². The van der Waals surface area contributed by atoms with Gasteiger partial charge in [0.1, 0.15) is 0 Å². The van der Waals surface area contributed by atoms with Crippen molar-refractivity contribution in [2.24, 2.45) is 4.99 Å². The van der Waals surface area contributed by atoms with E-state index < -0.39 is 0 Å². The molecule has 0 N–H and O–H groups in total. The number of nitrogens with zero attached hydrogens (tertiary/aromatic N) is 1. The van der Waals surface area contributed by atoms with E-state index in [4.69, 9.17) is 0 Å². The van der Waals surface area contributed by atoms with E-state index in [1.807, 2.05) is 14.0 Å². The van der Waals surface area contributed by atoms with Crippen LogP contribution in [0.4, 0.5) is 0 Å². The Morgan fingerprint density at radius 3 is 2.50 bits per heavy atom. The van der Waals surface area contributed by atoms with Crippen LogP contribution in [0.2, 0.25) is 0 Å². The molecule has 0 fully saturated rings. The first-order valence-corrected chi connectivity index (χ1v) is 4.30. The van der Waals surface area contributed by atoms with E-state index in [2.05, 4.69) is 24.9 Å². The maximum atomic E-state index is 4.05. The molecule has 0 saturated heterocycles. The van der Waals surface area contributed by atoms with Crippen LogP contribution in [0.3, 0.4) is 0 Å². The van der Waals surface area contributed by atoms with E-state index in [0.29, 0.717) is 0 Å². The Bertz CT molecular complexity index is 147. The van der Waals surface area contributed by atoms with Gasteiger partial charge < -0.3 is 0 Å². The lowest BCUT2D eigenvalue weighted by Gasteiger charge is -1.97. The highest BCUT2D eigenvalue weighted by Gasteiger charge is 1.91. The van der Waals surface area contributed by atoms with Crippen LogP contribution in [0.15, 0.2) is 16.0 Å². The Labute approximate surface area is 67.6 Å². The van der Waals surface area contributed by atoms with Gasteiger partial charge in [0.2, 0.25) is 0 Å². The minimum Gasteiger partial charge on any atom is -0.286 e. The zero-order valence-corrected chi connectivity index (χ0v) is 7.96. The first-order chi connectivity index (χ1) is 4.70. The summed E-state index contributed by atoms with van der Waals surface area (Å²) in [5.41, 5.74) is 0. The molecule has 0 aliphatic heterocycles. The molecule has 0 saturated carbocycles. The van der Waals surface area contributed by atoms with Gasteiger partial charge in [-0.25, -0.2) is 0 Å². The summed E-state index contributed by atoms with van der Waals surface area (Å²) < 4.78 is 0. The Morgan fingerprint density at radius 2 is 2.10 bits per heavy atom. The van der Waals surface area contributed by atoms with Crippen LogP contribution in [0.1, 0.15) is 27.2 Å². The molecule has 1 nitrogen and oxygen atoms in total. The Morgan fingerprint density at radius 1 is 1.50 bits per heavy atom. The van der Waals surface area contributed by atoms with E-state index in [1.165, 1.54) is 4.91 Å². The number of allylic oxidation sites excluding steroid dienone is 2. The van der Waals surface area contributed by atoms with Gasteiger partial charge in [0.25, 0.3) is 0 Å². The third kappa shape index (κ3) is 4.62. The maximum Gasteiger partial charge on any atom is 0.0685 e. The van der Waals surface area contributed by atoms with Gasteiger partial charge in [-0.3, -0.25) is 4.99 Å². The molecule has 2 heteroatoms. The van der Waals surface area contributed by atoms with Crippen LogP contribution < -0.4 is 0 Å². The second-order valence-electron chi connectivity index (χ2n) is 2.07. The molecule has 0 aliphatic rings. The zero-order valence-electron chi connectivity index (χ0n) is 7.14. The number of hydrogen-bond acceptors (Lipinski definition) is 2. The summed E-state index contributed by atoms with van der Waals surface area (Å²) in [6.07, 6.45) is 3.31. The lowest BCUT2D eigenvalue weighted by Crippen LogP contribution is -1.81. The van der Waals surface area contributed by atoms with Crippen molar-refractivity contribution in [2.75, 3.05) is 7.05 Å². The molecule has 0 aromatic heterocycles. The second-order valence-corrected chi connectivity index (χ2v) is 3.51. The van der Waals surface area contributed by atoms with E-state index in [0.717, 1.165) is 11.5 Å². The van der Waals surface area contributed by atoms with Gasteiger partial charge in [0.05, 0.1) is 5.04 Å². The summed E-state index contributed by atoms with van der Waals surface area (Å²) in [6, 6.07) is 0. The van der Waals surface area contributed by atoms with Crippen molar-refractivity contribution in [2.45, 2.75) is 27.2 Å². The summed E-state index contributed by atoms with van der Waals surface area (Å²) >= 11 is 1.74. The van der Waals surface area contributed by atoms with Crippen molar-refractivity contribution in [3.05, 3.63) is 11.0 Å². The molecule has 0 heterocycles. The SMILES string of the molecule is CC/C=C(/C)SC(C)=NC. The fraction of sp³-hybridized carbons (Fsp3) is 0.625. The average molecular weight is 157 g/mol. The smallest absolute Gasteiger partial charge is 0.0685 e. The number of rotatable bonds is 2. The van der Waals surface area contributed by atoms with E-state index in [-0.39, 0.29) is 0 Å². The van der Waals surface area contributed by atoms with Gasteiger partial charge in [-0.05, 0) is 25.2 Å². The van der Waals surface area contributed by atoms with Gasteiger partial charge in [-0.1, -0.05) is 24.8 Å². The molecule has 0 aliphatic carbocycles. The lowest BCUT2D eigenvalue weighted by atomic mass is 10.4. The first kappa shape index (κ1) is 9.76.